The number of nitrogens with zero attached hydrogens (tertiary/aromatic N) is 3. The second-order valence-corrected chi connectivity index (χ2v) is 2.92. The van der Waals surface area contributed by atoms with Crippen molar-refractivity contribution in [2.75, 3.05) is 13.1 Å². The second-order valence-electron chi connectivity index (χ2n) is 2.92. The molecule has 0 saturated carbocycles. The van der Waals surface area contributed by atoms with Gasteiger partial charge in [-0.1, -0.05) is 0 Å². The first kappa shape index (κ1) is 7.42. The molecular formula is C7H10N4O. The maximum atomic E-state index is 10.1. The maximum absolute atomic E-state index is 10.1. The molecule has 1 aromatic rings. The molecule has 0 amide bonds. The Kier molecular flexibility index (Phi) is 1.87. The zero-order valence-electron chi connectivity index (χ0n) is 6.60. The zero-order chi connectivity index (χ0) is 8.39. The topological polar surface area (TPSA) is 59.3 Å². The van der Waals surface area contributed by atoms with Crippen LogP contribution in [0, 0.1) is 4.91 Å². The van der Waals surface area contributed by atoms with Crippen LogP contribution in [0.1, 0.15) is 12.5 Å². The summed E-state index contributed by atoms with van der Waals surface area (Å²) >= 11 is 0. The molecule has 12 heavy (non-hydrogen) atoms. The average Bonchev–Trinajstić information content (AvgIpc) is 2.75. The van der Waals surface area contributed by atoms with Crippen molar-refractivity contribution in [3.63, 3.8) is 0 Å². The van der Waals surface area contributed by atoms with Crippen LogP contribution in [-0.2, 0) is 0 Å². The van der Waals surface area contributed by atoms with E-state index in [4.69, 9.17) is 0 Å². The number of hydrogen-bond acceptors (Lipinski definition) is 4. The summed E-state index contributed by atoms with van der Waals surface area (Å²) in [5.41, 5.74) is 0.405. The number of aromatic nitrogens is 2. The van der Waals surface area contributed by atoms with Gasteiger partial charge in [0.1, 0.15) is 5.69 Å². The SMILES string of the molecule is O=Nc1cnn([C@H]2CCNC2)c1. The van der Waals surface area contributed by atoms with Crippen LogP contribution in [0.4, 0.5) is 5.69 Å². The highest BCUT2D eigenvalue weighted by Gasteiger charge is 2.16. The van der Waals surface area contributed by atoms with E-state index in [1.54, 1.807) is 10.9 Å². The van der Waals surface area contributed by atoms with Gasteiger partial charge >= 0.3 is 0 Å². The molecule has 5 nitrogen and oxygen atoms in total. The molecule has 1 atom stereocenters. The molecule has 1 aliphatic heterocycles. The average molecular weight is 166 g/mol. The molecule has 0 bridgehead atoms. The molecule has 1 aromatic heterocycles. The minimum Gasteiger partial charge on any atom is -0.315 e. The smallest absolute Gasteiger partial charge is 0.145 e. The van der Waals surface area contributed by atoms with E-state index in [1.807, 2.05) is 0 Å². The first-order valence-corrected chi connectivity index (χ1v) is 3.98. The molecule has 1 aliphatic rings. The Morgan fingerprint density at radius 1 is 1.75 bits per heavy atom. The molecule has 2 rings (SSSR count). The van der Waals surface area contributed by atoms with Gasteiger partial charge in [0.2, 0.25) is 0 Å². The van der Waals surface area contributed by atoms with Gasteiger partial charge < -0.3 is 5.32 Å². The van der Waals surface area contributed by atoms with Crippen molar-refractivity contribution in [3.8, 4) is 0 Å². The standard InChI is InChI=1S/C7H10N4O/c12-10-6-3-9-11(5-6)7-1-2-8-4-7/h3,5,7-8H,1-2,4H2/t7-/m0/s1. The summed E-state index contributed by atoms with van der Waals surface area (Å²) in [6.07, 6.45) is 4.25. The van der Waals surface area contributed by atoms with Crippen LogP contribution in [0.3, 0.4) is 0 Å². The van der Waals surface area contributed by atoms with Crippen LogP contribution in [0.25, 0.3) is 0 Å². The fraction of sp³-hybridized carbons (Fsp3) is 0.571. The Morgan fingerprint density at radius 3 is 3.25 bits per heavy atom. The van der Waals surface area contributed by atoms with Crippen LogP contribution >= 0.6 is 0 Å². The molecule has 0 spiro atoms. The molecule has 1 fully saturated rings. The van der Waals surface area contributed by atoms with Gasteiger partial charge in [0.05, 0.1) is 18.4 Å². The van der Waals surface area contributed by atoms with Crippen molar-refractivity contribution in [1.29, 1.82) is 0 Å². The minimum atomic E-state index is 0.389. The van der Waals surface area contributed by atoms with Crippen LogP contribution < -0.4 is 5.32 Å². The monoisotopic (exact) mass is 166 g/mol. The van der Waals surface area contributed by atoms with Gasteiger partial charge in [-0.25, -0.2) is 0 Å². The zero-order valence-corrected chi connectivity index (χ0v) is 6.60. The summed E-state index contributed by atoms with van der Waals surface area (Å²) in [6, 6.07) is 0.389. The molecule has 1 saturated heterocycles. The Labute approximate surface area is 69.7 Å². The summed E-state index contributed by atoms with van der Waals surface area (Å²) in [5, 5.41) is 10.1. The Morgan fingerprint density at radius 2 is 2.67 bits per heavy atom. The van der Waals surface area contributed by atoms with Gasteiger partial charge in [0.25, 0.3) is 0 Å². The highest BCUT2D eigenvalue weighted by Crippen LogP contribution is 2.17. The third kappa shape index (κ3) is 1.23. The molecule has 2 heterocycles. The largest absolute Gasteiger partial charge is 0.315 e. The molecule has 5 heteroatoms. The summed E-state index contributed by atoms with van der Waals surface area (Å²) in [6.45, 7) is 1.95. The van der Waals surface area contributed by atoms with Crippen molar-refractivity contribution in [1.82, 2.24) is 15.1 Å². The number of rotatable bonds is 2. The maximum Gasteiger partial charge on any atom is 0.145 e. The third-order valence-electron chi connectivity index (χ3n) is 2.10. The lowest BCUT2D eigenvalue weighted by Crippen LogP contribution is -2.13. The molecule has 1 N–H and O–H groups in total. The van der Waals surface area contributed by atoms with E-state index in [-0.39, 0.29) is 0 Å². The van der Waals surface area contributed by atoms with E-state index >= 15 is 0 Å². The normalized spacial score (nSPS) is 22.8. The molecule has 0 radical (unpaired) electrons. The van der Waals surface area contributed by atoms with E-state index in [0.29, 0.717) is 11.7 Å². The van der Waals surface area contributed by atoms with Crippen LogP contribution in [-0.4, -0.2) is 22.9 Å². The highest BCUT2D eigenvalue weighted by atomic mass is 16.3. The first-order chi connectivity index (χ1) is 5.90. The Bertz CT molecular complexity index is 277. The summed E-state index contributed by atoms with van der Waals surface area (Å²) in [7, 11) is 0. The molecular weight excluding hydrogens is 156 g/mol. The van der Waals surface area contributed by atoms with Crippen molar-refractivity contribution in [2.45, 2.75) is 12.5 Å². The number of nitrogens with one attached hydrogen (secondary N) is 1. The van der Waals surface area contributed by atoms with E-state index in [0.717, 1.165) is 19.5 Å². The highest BCUT2D eigenvalue weighted by molar-refractivity contribution is 5.29. The van der Waals surface area contributed by atoms with Gasteiger partial charge in [-0.15, -0.1) is 4.91 Å². The van der Waals surface area contributed by atoms with Gasteiger partial charge in [-0.2, -0.15) is 5.10 Å². The lowest BCUT2D eigenvalue weighted by molar-refractivity contribution is 0.491. The second kappa shape index (κ2) is 3.02. The third-order valence-corrected chi connectivity index (χ3v) is 2.10. The van der Waals surface area contributed by atoms with Gasteiger partial charge in [0.15, 0.2) is 0 Å². The summed E-state index contributed by atoms with van der Waals surface area (Å²) in [5.74, 6) is 0. The molecule has 64 valence electrons. The van der Waals surface area contributed by atoms with Gasteiger partial charge in [-0.05, 0) is 18.1 Å². The quantitative estimate of drug-likeness (QED) is 0.661. The van der Waals surface area contributed by atoms with Gasteiger partial charge in [0, 0.05) is 6.54 Å². The molecule has 0 aromatic carbocycles. The molecule has 0 aliphatic carbocycles. The lowest BCUT2D eigenvalue weighted by atomic mass is 10.3. The lowest BCUT2D eigenvalue weighted by Gasteiger charge is -2.06. The predicted molar refractivity (Wildman–Crippen MR) is 44.2 cm³/mol. The predicted octanol–water partition coefficient (Wildman–Crippen LogP) is 0.815. The van der Waals surface area contributed by atoms with E-state index in [1.165, 1.54) is 6.20 Å². The van der Waals surface area contributed by atoms with Gasteiger partial charge in [-0.3, -0.25) is 4.68 Å². The van der Waals surface area contributed by atoms with Crippen LogP contribution in [0.5, 0.6) is 0 Å². The van der Waals surface area contributed by atoms with Crippen molar-refractivity contribution in [3.05, 3.63) is 17.3 Å². The van der Waals surface area contributed by atoms with E-state index in [9.17, 15) is 4.91 Å². The summed E-state index contributed by atoms with van der Waals surface area (Å²) < 4.78 is 1.80. The fourth-order valence-corrected chi connectivity index (χ4v) is 1.44. The van der Waals surface area contributed by atoms with E-state index in [2.05, 4.69) is 15.6 Å². The minimum absolute atomic E-state index is 0.389. The number of hydrogen-bond donors (Lipinski definition) is 1. The fourth-order valence-electron chi connectivity index (χ4n) is 1.44. The van der Waals surface area contributed by atoms with Crippen molar-refractivity contribution < 1.29 is 0 Å². The Hall–Kier alpha value is -1.23. The molecule has 0 unspecified atom stereocenters. The van der Waals surface area contributed by atoms with Crippen molar-refractivity contribution in [2.24, 2.45) is 5.18 Å². The summed E-state index contributed by atoms with van der Waals surface area (Å²) in [4.78, 5) is 10.1. The van der Waals surface area contributed by atoms with Crippen LogP contribution in [0.15, 0.2) is 17.6 Å². The van der Waals surface area contributed by atoms with E-state index < -0.39 is 0 Å². The number of nitroso groups, excluding NO2 is 1. The van der Waals surface area contributed by atoms with Crippen LogP contribution in [0.2, 0.25) is 0 Å². The Balaban J connectivity index is 2.16. The first-order valence-electron chi connectivity index (χ1n) is 3.98. The van der Waals surface area contributed by atoms with Crippen molar-refractivity contribution >= 4 is 5.69 Å².